The van der Waals surface area contributed by atoms with Crippen LogP contribution in [0.3, 0.4) is 0 Å². The number of aliphatic hydroxyl groups excluding tert-OH is 1. The minimum Gasteiger partial charge on any atom is -0.497 e. The molecule has 4 aliphatic rings. The van der Waals surface area contributed by atoms with Crippen molar-refractivity contribution < 1.29 is 29.0 Å². The molecular formula is C33H37N3O6. The van der Waals surface area contributed by atoms with Crippen LogP contribution in [-0.2, 0) is 19.1 Å². The summed E-state index contributed by atoms with van der Waals surface area (Å²) in [4.78, 5) is 48.4. The lowest BCUT2D eigenvalue weighted by Crippen LogP contribution is -2.56. The monoisotopic (exact) mass is 571 g/mol. The van der Waals surface area contributed by atoms with Crippen molar-refractivity contribution in [1.82, 2.24) is 4.90 Å². The number of fused-ring (bicyclic) bond motifs is 2. The Kier molecular flexibility index (Phi) is 7.41. The number of nitrogens with zero attached hydrogens (tertiary/aromatic N) is 3. The van der Waals surface area contributed by atoms with Gasteiger partial charge in [-0.3, -0.25) is 14.4 Å². The van der Waals surface area contributed by atoms with Crippen molar-refractivity contribution in [3.05, 3.63) is 78.9 Å². The number of benzene rings is 2. The lowest BCUT2D eigenvalue weighted by atomic mass is 9.74. The maximum absolute atomic E-state index is 14.5. The quantitative estimate of drug-likeness (QED) is 0.386. The van der Waals surface area contributed by atoms with Crippen LogP contribution in [0.25, 0.3) is 0 Å². The highest BCUT2D eigenvalue weighted by atomic mass is 16.5. The Bertz CT molecular complexity index is 1410. The lowest BCUT2D eigenvalue weighted by Gasteiger charge is -2.37. The predicted octanol–water partition coefficient (Wildman–Crippen LogP) is 3.33. The minimum atomic E-state index is -1.31. The van der Waals surface area contributed by atoms with Crippen molar-refractivity contribution in [1.29, 1.82) is 0 Å². The third kappa shape index (κ3) is 4.42. The molecule has 2 aromatic carbocycles. The molecule has 2 fully saturated rings. The number of likely N-dealkylation sites (tertiary alicyclic amines) is 1. The standard InChI is InChI=1S/C33H37N3O6/c1-32-17-9-20-34(23-11-5-3-6-12-23)29(38)26(32)27-30(39)36(19-7-4-8-22-37)28-31(40)35(21-10-18-33(27,28)42-32)24-13-15-25(41-2)16-14-24/h3,5-6,9-18,26-28,37H,4,7-8,19-22H2,1-2H3/t26-,27-,28?,32+,33-/m0/s1. The Morgan fingerprint density at radius 2 is 1.50 bits per heavy atom. The van der Waals surface area contributed by atoms with Crippen LogP contribution in [0.15, 0.2) is 78.9 Å². The normalized spacial score (nSPS) is 30.2. The number of carbonyl (C=O) groups is 3. The Morgan fingerprint density at radius 3 is 2.19 bits per heavy atom. The van der Waals surface area contributed by atoms with Gasteiger partial charge < -0.3 is 29.3 Å². The second-order valence-electron chi connectivity index (χ2n) is 11.5. The van der Waals surface area contributed by atoms with E-state index in [1.807, 2.05) is 73.7 Å². The van der Waals surface area contributed by atoms with E-state index in [1.165, 1.54) is 0 Å². The molecule has 4 heterocycles. The molecule has 42 heavy (non-hydrogen) atoms. The number of carbonyl (C=O) groups excluding carboxylic acids is 3. The fourth-order valence-electron chi connectivity index (χ4n) is 7.17. The highest BCUT2D eigenvalue weighted by molar-refractivity contribution is 6.07. The van der Waals surface area contributed by atoms with Gasteiger partial charge in [-0.1, -0.05) is 42.5 Å². The van der Waals surface area contributed by atoms with Gasteiger partial charge in [0.25, 0.3) is 5.91 Å². The Labute approximate surface area is 246 Å². The summed E-state index contributed by atoms with van der Waals surface area (Å²) >= 11 is 0. The molecule has 1 N–H and O–H groups in total. The van der Waals surface area contributed by atoms with Crippen molar-refractivity contribution in [2.75, 3.05) is 43.2 Å². The van der Waals surface area contributed by atoms with Gasteiger partial charge in [0.1, 0.15) is 17.4 Å². The van der Waals surface area contributed by atoms with Gasteiger partial charge in [-0.05, 0) is 62.6 Å². The van der Waals surface area contributed by atoms with E-state index in [1.54, 1.807) is 33.9 Å². The maximum atomic E-state index is 14.5. The molecule has 2 aromatic rings. The van der Waals surface area contributed by atoms with Crippen LogP contribution in [0.5, 0.6) is 5.75 Å². The molecular weight excluding hydrogens is 534 g/mol. The van der Waals surface area contributed by atoms with Gasteiger partial charge in [-0.25, -0.2) is 0 Å². The molecule has 0 radical (unpaired) electrons. The number of hydrogen-bond donors (Lipinski definition) is 1. The number of amides is 3. The number of aliphatic hydroxyl groups is 1. The van der Waals surface area contributed by atoms with Crippen LogP contribution in [-0.4, -0.2) is 78.3 Å². The molecule has 6 rings (SSSR count). The number of para-hydroxylation sites is 1. The Morgan fingerprint density at radius 1 is 0.833 bits per heavy atom. The molecule has 4 aliphatic heterocycles. The van der Waals surface area contributed by atoms with Crippen LogP contribution in [0.1, 0.15) is 26.2 Å². The highest BCUT2D eigenvalue weighted by Gasteiger charge is 2.74. The zero-order valence-corrected chi connectivity index (χ0v) is 24.0. The van der Waals surface area contributed by atoms with Crippen LogP contribution >= 0.6 is 0 Å². The van der Waals surface area contributed by atoms with E-state index >= 15 is 0 Å². The van der Waals surface area contributed by atoms with Gasteiger partial charge in [0, 0.05) is 37.6 Å². The maximum Gasteiger partial charge on any atom is 0.253 e. The first kappa shape index (κ1) is 28.2. The van der Waals surface area contributed by atoms with E-state index in [0.717, 1.165) is 5.69 Å². The molecule has 0 aromatic heterocycles. The molecule has 5 atom stereocenters. The number of ether oxygens (including phenoxy) is 2. The molecule has 3 amide bonds. The van der Waals surface area contributed by atoms with Crippen molar-refractivity contribution in [2.45, 2.75) is 43.4 Å². The van der Waals surface area contributed by atoms with Gasteiger partial charge in [-0.2, -0.15) is 0 Å². The summed E-state index contributed by atoms with van der Waals surface area (Å²) in [6.07, 6.45) is 9.50. The molecule has 9 nitrogen and oxygen atoms in total. The van der Waals surface area contributed by atoms with E-state index in [9.17, 15) is 19.5 Å². The van der Waals surface area contributed by atoms with E-state index in [0.29, 0.717) is 50.3 Å². The Balaban J connectivity index is 1.43. The molecule has 2 saturated heterocycles. The molecule has 220 valence electrons. The summed E-state index contributed by atoms with van der Waals surface area (Å²) in [6.45, 7) is 2.91. The SMILES string of the molecule is COc1ccc(N2CC=C[C@]34O[C@]5(C)C=CCN(c6ccccc6)C(=O)[C@@H]5[C@H]3C(=O)N(CCCCCO)C4C2=O)cc1. The molecule has 1 unspecified atom stereocenters. The summed E-state index contributed by atoms with van der Waals surface area (Å²) in [7, 11) is 1.59. The summed E-state index contributed by atoms with van der Waals surface area (Å²) in [5.74, 6) is -1.71. The second kappa shape index (κ2) is 11.0. The third-order valence-electron chi connectivity index (χ3n) is 9.07. The fourth-order valence-corrected chi connectivity index (χ4v) is 7.17. The summed E-state index contributed by atoms with van der Waals surface area (Å²) in [5.41, 5.74) is -0.963. The van der Waals surface area contributed by atoms with Crippen LogP contribution in [0.4, 0.5) is 11.4 Å². The van der Waals surface area contributed by atoms with E-state index < -0.39 is 29.1 Å². The summed E-state index contributed by atoms with van der Waals surface area (Å²) in [5, 5.41) is 9.31. The lowest BCUT2D eigenvalue weighted by molar-refractivity contribution is -0.144. The van der Waals surface area contributed by atoms with Crippen LogP contribution < -0.4 is 14.5 Å². The molecule has 0 saturated carbocycles. The summed E-state index contributed by atoms with van der Waals surface area (Å²) < 4.78 is 12.2. The summed E-state index contributed by atoms with van der Waals surface area (Å²) in [6, 6.07) is 15.7. The highest BCUT2D eigenvalue weighted by Crippen LogP contribution is 2.57. The Hall–Kier alpha value is -3.95. The van der Waals surface area contributed by atoms with Gasteiger partial charge >= 0.3 is 0 Å². The van der Waals surface area contributed by atoms with Crippen LogP contribution in [0.2, 0.25) is 0 Å². The first-order chi connectivity index (χ1) is 20.3. The van der Waals surface area contributed by atoms with E-state index in [4.69, 9.17) is 9.47 Å². The van der Waals surface area contributed by atoms with Gasteiger partial charge in [0.15, 0.2) is 0 Å². The zero-order chi connectivity index (χ0) is 29.5. The van der Waals surface area contributed by atoms with Gasteiger partial charge in [0.05, 0.1) is 24.5 Å². The van der Waals surface area contributed by atoms with Crippen molar-refractivity contribution in [3.8, 4) is 5.75 Å². The van der Waals surface area contributed by atoms with Crippen molar-refractivity contribution in [2.24, 2.45) is 11.8 Å². The van der Waals surface area contributed by atoms with Crippen molar-refractivity contribution in [3.63, 3.8) is 0 Å². The smallest absolute Gasteiger partial charge is 0.253 e. The minimum absolute atomic E-state index is 0.0660. The zero-order valence-electron chi connectivity index (χ0n) is 24.0. The molecule has 1 spiro atoms. The molecule has 0 bridgehead atoms. The second-order valence-corrected chi connectivity index (χ2v) is 11.5. The number of unbranched alkanes of at least 4 members (excludes halogenated alkanes) is 2. The number of hydrogen-bond acceptors (Lipinski definition) is 6. The van der Waals surface area contributed by atoms with Crippen LogP contribution in [0, 0.1) is 11.8 Å². The van der Waals surface area contributed by atoms with Crippen molar-refractivity contribution >= 4 is 29.1 Å². The average molecular weight is 572 g/mol. The molecule has 9 heteroatoms. The number of rotatable bonds is 8. The largest absolute Gasteiger partial charge is 0.497 e. The predicted molar refractivity (Wildman–Crippen MR) is 158 cm³/mol. The number of methoxy groups -OCH3 is 1. The van der Waals surface area contributed by atoms with Gasteiger partial charge in [0.2, 0.25) is 11.8 Å². The van der Waals surface area contributed by atoms with E-state index in [2.05, 4.69) is 0 Å². The fraction of sp³-hybridized carbons (Fsp3) is 0.424. The molecule has 0 aliphatic carbocycles. The first-order valence-electron chi connectivity index (χ1n) is 14.6. The first-order valence-corrected chi connectivity index (χ1v) is 14.6. The topological polar surface area (TPSA) is 99.6 Å². The van der Waals surface area contributed by atoms with E-state index in [-0.39, 0.29) is 24.3 Å². The number of anilines is 2. The third-order valence-corrected chi connectivity index (χ3v) is 9.07. The van der Waals surface area contributed by atoms with Gasteiger partial charge in [-0.15, -0.1) is 0 Å². The average Bonchev–Trinajstić information content (AvgIpc) is 3.26.